The first-order valence-electron chi connectivity index (χ1n) is 13.5. The second-order valence-corrected chi connectivity index (χ2v) is 11.3. The highest BCUT2D eigenvalue weighted by atomic mass is 19.1. The fourth-order valence-corrected chi connectivity index (χ4v) is 5.87. The SMILES string of the molecule is CC1(C)C[C@H](n2cc(CNC(=O)C3CCN(C(=O)c4cccc5c4C(=O)NC5)CC3)nn2)c2cc(F)ccc2O1. The lowest BCUT2D eigenvalue weighted by molar-refractivity contribution is -0.126. The van der Waals surface area contributed by atoms with Crippen molar-refractivity contribution in [1.29, 1.82) is 0 Å². The average molecular weight is 547 g/mol. The van der Waals surface area contributed by atoms with Crippen LogP contribution in [0.2, 0.25) is 0 Å². The van der Waals surface area contributed by atoms with Crippen molar-refractivity contribution in [3.05, 3.63) is 76.4 Å². The fraction of sp³-hybridized carbons (Fsp3) is 0.414. The molecular weight excluding hydrogens is 515 g/mol. The Hall–Kier alpha value is -4.28. The molecule has 2 aromatic carbocycles. The van der Waals surface area contributed by atoms with Gasteiger partial charge in [0.05, 0.1) is 29.9 Å². The molecule has 11 heteroatoms. The lowest BCUT2D eigenvalue weighted by Gasteiger charge is -2.37. The predicted octanol–water partition coefficient (Wildman–Crippen LogP) is 2.98. The molecular formula is C29H31FN6O4. The van der Waals surface area contributed by atoms with E-state index in [-0.39, 0.29) is 42.0 Å². The van der Waals surface area contributed by atoms with Gasteiger partial charge in [0.15, 0.2) is 0 Å². The van der Waals surface area contributed by atoms with Crippen molar-refractivity contribution in [2.24, 2.45) is 5.92 Å². The maximum atomic E-state index is 14.0. The normalized spacial score (nSPS) is 19.8. The molecule has 40 heavy (non-hydrogen) atoms. The van der Waals surface area contributed by atoms with E-state index in [9.17, 15) is 18.8 Å². The van der Waals surface area contributed by atoms with E-state index in [1.54, 1.807) is 34.0 Å². The molecule has 1 fully saturated rings. The second kappa shape index (κ2) is 10.0. The highest BCUT2D eigenvalue weighted by Gasteiger charge is 2.36. The van der Waals surface area contributed by atoms with Crippen molar-refractivity contribution < 1.29 is 23.5 Å². The summed E-state index contributed by atoms with van der Waals surface area (Å²) in [5.74, 6) is -0.441. The summed E-state index contributed by atoms with van der Waals surface area (Å²) < 4.78 is 21.7. The van der Waals surface area contributed by atoms with Crippen LogP contribution < -0.4 is 15.4 Å². The molecule has 0 aliphatic carbocycles. The van der Waals surface area contributed by atoms with Crippen LogP contribution in [0.4, 0.5) is 4.39 Å². The molecule has 0 spiro atoms. The minimum atomic E-state index is -0.459. The topological polar surface area (TPSA) is 118 Å². The summed E-state index contributed by atoms with van der Waals surface area (Å²) >= 11 is 0. The number of hydrogen-bond acceptors (Lipinski definition) is 6. The summed E-state index contributed by atoms with van der Waals surface area (Å²) in [4.78, 5) is 40.0. The number of nitrogens with one attached hydrogen (secondary N) is 2. The Morgan fingerprint density at radius 1 is 1.20 bits per heavy atom. The zero-order chi connectivity index (χ0) is 28.0. The van der Waals surface area contributed by atoms with Gasteiger partial charge in [-0.15, -0.1) is 5.10 Å². The minimum absolute atomic E-state index is 0.0961. The molecule has 3 amide bonds. The van der Waals surface area contributed by atoms with Crippen LogP contribution >= 0.6 is 0 Å². The fourth-order valence-electron chi connectivity index (χ4n) is 5.87. The van der Waals surface area contributed by atoms with Crippen molar-refractivity contribution in [2.75, 3.05) is 13.1 Å². The zero-order valence-corrected chi connectivity index (χ0v) is 22.4. The van der Waals surface area contributed by atoms with Crippen LogP contribution in [0.15, 0.2) is 42.6 Å². The number of benzene rings is 2. The molecule has 2 N–H and O–H groups in total. The third-order valence-corrected chi connectivity index (χ3v) is 7.92. The molecule has 3 aliphatic heterocycles. The van der Waals surface area contributed by atoms with E-state index in [0.717, 1.165) is 5.56 Å². The zero-order valence-electron chi connectivity index (χ0n) is 22.4. The minimum Gasteiger partial charge on any atom is -0.487 e. The summed E-state index contributed by atoms with van der Waals surface area (Å²) in [5.41, 5.74) is 2.55. The second-order valence-electron chi connectivity index (χ2n) is 11.3. The lowest BCUT2D eigenvalue weighted by Crippen LogP contribution is -2.43. The summed E-state index contributed by atoms with van der Waals surface area (Å²) in [6.07, 6.45) is 3.43. The molecule has 0 radical (unpaired) electrons. The van der Waals surface area contributed by atoms with E-state index >= 15 is 0 Å². The number of carbonyl (C=O) groups is 3. The van der Waals surface area contributed by atoms with Gasteiger partial charge in [0.1, 0.15) is 22.9 Å². The van der Waals surface area contributed by atoms with E-state index < -0.39 is 5.60 Å². The number of piperidine rings is 1. The summed E-state index contributed by atoms with van der Waals surface area (Å²) in [7, 11) is 0. The predicted molar refractivity (Wildman–Crippen MR) is 142 cm³/mol. The lowest BCUT2D eigenvalue weighted by atomic mass is 9.90. The van der Waals surface area contributed by atoms with Crippen LogP contribution in [0.3, 0.4) is 0 Å². The van der Waals surface area contributed by atoms with Gasteiger partial charge in [0.2, 0.25) is 5.91 Å². The van der Waals surface area contributed by atoms with Crippen molar-refractivity contribution in [1.82, 2.24) is 30.5 Å². The number of aromatic nitrogens is 3. The number of likely N-dealkylation sites (tertiary alicyclic amines) is 1. The first-order valence-corrected chi connectivity index (χ1v) is 13.5. The molecule has 1 aromatic heterocycles. The highest BCUT2D eigenvalue weighted by Crippen LogP contribution is 2.41. The maximum Gasteiger partial charge on any atom is 0.254 e. The van der Waals surface area contributed by atoms with Gasteiger partial charge >= 0.3 is 0 Å². The monoisotopic (exact) mass is 546 g/mol. The van der Waals surface area contributed by atoms with E-state index in [1.165, 1.54) is 12.1 Å². The standard InChI is InChI=1S/C29H31FN6O4/c1-29(2)13-23(22-12-19(30)6-7-24(22)40-29)36-16-20(33-34-36)15-32-26(37)17-8-10-35(11-9-17)28(39)21-5-3-4-18-14-31-27(38)25(18)21/h3-7,12,16-17,23H,8-11,13-15H2,1-2H3,(H,31,38)(H,32,37)/t23-/m0/s1. The first kappa shape index (κ1) is 26.0. The summed E-state index contributed by atoms with van der Waals surface area (Å²) in [6, 6.07) is 9.57. The molecule has 4 heterocycles. The molecule has 3 aliphatic rings. The van der Waals surface area contributed by atoms with Gasteiger partial charge in [-0.25, -0.2) is 9.07 Å². The smallest absolute Gasteiger partial charge is 0.254 e. The van der Waals surface area contributed by atoms with Crippen LogP contribution in [-0.4, -0.2) is 56.3 Å². The van der Waals surface area contributed by atoms with Crippen LogP contribution in [0.5, 0.6) is 5.75 Å². The van der Waals surface area contributed by atoms with Crippen LogP contribution in [0.1, 0.15) is 76.7 Å². The third-order valence-electron chi connectivity index (χ3n) is 7.92. The Balaban J connectivity index is 1.05. The van der Waals surface area contributed by atoms with Gasteiger partial charge in [-0.3, -0.25) is 14.4 Å². The Morgan fingerprint density at radius 3 is 2.80 bits per heavy atom. The number of ether oxygens (including phenoxy) is 1. The van der Waals surface area contributed by atoms with Crippen LogP contribution in [0, 0.1) is 11.7 Å². The molecule has 1 atom stereocenters. The molecule has 3 aromatic rings. The van der Waals surface area contributed by atoms with Gasteiger partial charge in [0.25, 0.3) is 11.8 Å². The van der Waals surface area contributed by atoms with E-state index in [0.29, 0.717) is 67.0 Å². The Labute approximate surface area is 230 Å². The highest BCUT2D eigenvalue weighted by molar-refractivity contribution is 6.09. The van der Waals surface area contributed by atoms with Crippen LogP contribution in [0.25, 0.3) is 0 Å². The average Bonchev–Trinajstić information content (AvgIpc) is 3.58. The van der Waals surface area contributed by atoms with Crippen LogP contribution in [-0.2, 0) is 17.9 Å². The van der Waals surface area contributed by atoms with Crippen molar-refractivity contribution in [3.8, 4) is 5.75 Å². The van der Waals surface area contributed by atoms with Gasteiger partial charge in [-0.05, 0) is 56.5 Å². The number of fused-ring (bicyclic) bond motifs is 2. The van der Waals surface area contributed by atoms with Crippen molar-refractivity contribution in [3.63, 3.8) is 0 Å². The van der Waals surface area contributed by atoms with Gasteiger partial charge in [-0.1, -0.05) is 17.3 Å². The number of nitrogens with zero attached hydrogens (tertiary/aromatic N) is 4. The molecule has 0 bridgehead atoms. The number of carbonyl (C=O) groups excluding carboxylic acids is 3. The van der Waals surface area contributed by atoms with E-state index in [2.05, 4.69) is 20.9 Å². The van der Waals surface area contributed by atoms with Gasteiger partial charge in [0, 0.05) is 37.5 Å². The van der Waals surface area contributed by atoms with Gasteiger partial charge in [-0.2, -0.15) is 0 Å². The molecule has 0 unspecified atom stereocenters. The third kappa shape index (κ3) is 4.91. The molecule has 6 rings (SSSR count). The molecule has 1 saturated heterocycles. The molecule has 0 saturated carbocycles. The van der Waals surface area contributed by atoms with E-state index in [4.69, 9.17) is 4.74 Å². The largest absolute Gasteiger partial charge is 0.487 e. The van der Waals surface area contributed by atoms with Gasteiger partial charge < -0.3 is 20.3 Å². The Kier molecular flexibility index (Phi) is 6.52. The first-order chi connectivity index (χ1) is 19.2. The Bertz CT molecular complexity index is 1490. The Morgan fingerprint density at radius 2 is 2.00 bits per heavy atom. The number of halogens is 1. The molecule has 208 valence electrons. The summed E-state index contributed by atoms with van der Waals surface area (Å²) in [5, 5.41) is 14.2. The van der Waals surface area contributed by atoms with E-state index in [1.807, 2.05) is 19.9 Å². The van der Waals surface area contributed by atoms with Crippen molar-refractivity contribution in [2.45, 2.75) is 57.8 Å². The number of amides is 3. The van der Waals surface area contributed by atoms with Crippen molar-refractivity contribution >= 4 is 17.7 Å². The summed E-state index contributed by atoms with van der Waals surface area (Å²) in [6.45, 7) is 5.48. The molecule has 10 nitrogen and oxygen atoms in total. The number of rotatable bonds is 5. The maximum absolute atomic E-state index is 14.0. The quantitative estimate of drug-likeness (QED) is 0.508. The number of hydrogen-bond donors (Lipinski definition) is 2.